The van der Waals surface area contributed by atoms with Gasteiger partial charge in [-0.3, -0.25) is 9.59 Å². The highest BCUT2D eigenvalue weighted by Gasteiger charge is 2.07. The molecule has 0 radical (unpaired) electrons. The Hall–Kier alpha value is -0.860. The number of primary amides is 1. The van der Waals surface area contributed by atoms with E-state index in [0.29, 0.717) is 18.7 Å². The first-order valence-corrected chi connectivity index (χ1v) is 6.21. The van der Waals surface area contributed by atoms with Crippen molar-refractivity contribution in [3.63, 3.8) is 0 Å². The molecule has 7 heteroatoms. The minimum absolute atomic E-state index is 0. The van der Waals surface area contributed by atoms with Gasteiger partial charge in [0.2, 0.25) is 5.91 Å². The zero-order valence-corrected chi connectivity index (χ0v) is 12.6. The van der Waals surface area contributed by atoms with Crippen LogP contribution in [0.2, 0.25) is 0 Å². The van der Waals surface area contributed by atoms with Crippen LogP contribution < -0.4 is 16.4 Å². The molecule has 0 bridgehead atoms. The van der Waals surface area contributed by atoms with E-state index in [0.717, 1.165) is 3.57 Å². The van der Waals surface area contributed by atoms with Crippen molar-refractivity contribution in [3.05, 3.63) is 33.4 Å². The predicted molar refractivity (Wildman–Crippen MR) is 80.8 cm³/mol. The van der Waals surface area contributed by atoms with E-state index >= 15 is 0 Å². The molecule has 0 aliphatic heterocycles. The molecule has 5 nitrogen and oxygen atoms in total. The summed E-state index contributed by atoms with van der Waals surface area (Å²) in [6.07, 6.45) is 0. The summed E-state index contributed by atoms with van der Waals surface area (Å²) in [7, 11) is 0. The minimum atomic E-state index is -0.408. The first-order chi connectivity index (χ1) is 8.11. The number of hydrogen-bond acceptors (Lipinski definition) is 3. The fraction of sp³-hybridized carbons (Fsp3) is 0.273. The standard InChI is InChI=1S/C11H14IN3O2.ClH/c12-9-4-2-1-3-8(9)11(17)15-6-5-14-7-10(13)16;/h1-4,14H,5-7H2,(H2,13,16)(H,15,17);1H. The molecule has 2 amide bonds. The molecule has 0 heterocycles. The lowest BCUT2D eigenvalue weighted by molar-refractivity contribution is -0.117. The molecule has 0 atom stereocenters. The van der Waals surface area contributed by atoms with Crippen molar-refractivity contribution in [1.82, 2.24) is 10.6 Å². The van der Waals surface area contributed by atoms with Gasteiger partial charge in [0.25, 0.3) is 5.91 Å². The average Bonchev–Trinajstić information content (AvgIpc) is 2.28. The molecule has 0 aromatic heterocycles. The van der Waals surface area contributed by atoms with Crippen LogP contribution in [0.4, 0.5) is 0 Å². The van der Waals surface area contributed by atoms with E-state index in [1.54, 1.807) is 6.07 Å². The Morgan fingerprint density at radius 3 is 2.50 bits per heavy atom. The first kappa shape index (κ1) is 17.1. The van der Waals surface area contributed by atoms with Gasteiger partial charge < -0.3 is 16.4 Å². The van der Waals surface area contributed by atoms with Crippen molar-refractivity contribution in [1.29, 1.82) is 0 Å². The van der Waals surface area contributed by atoms with E-state index in [1.807, 2.05) is 18.2 Å². The second-order valence-corrected chi connectivity index (χ2v) is 4.54. The Balaban J connectivity index is 0.00000289. The Morgan fingerprint density at radius 1 is 1.22 bits per heavy atom. The lowest BCUT2D eigenvalue weighted by Gasteiger charge is -2.07. The van der Waals surface area contributed by atoms with Gasteiger partial charge >= 0.3 is 0 Å². The molecular weight excluding hydrogens is 368 g/mol. The second kappa shape index (κ2) is 9.12. The third-order valence-electron chi connectivity index (χ3n) is 2.01. The Bertz CT molecular complexity index is 415. The summed E-state index contributed by atoms with van der Waals surface area (Å²) >= 11 is 2.12. The lowest BCUT2D eigenvalue weighted by Crippen LogP contribution is -2.36. The van der Waals surface area contributed by atoms with Gasteiger partial charge in [-0.15, -0.1) is 12.4 Å². The Kier molecular flexibility index (Phi) is 8.69. The van der Waals surface area contributed by atoms with Crippen LogP contribution in [-0.2, 0) is 4.79 Å². The Morgan fingerprint density at radius 2 is 1.89 bits per heavy atom. The highest BCUT2D eigenvalue weighted by Crippen LogP contribution is 2.10. The summed E-state index contributed by atoms with van der Waals surface area (Å²) in [4.78, 5) is 22.2. The smallest absolute Gasteiger partial charge is 0.252 e. The van der Waals surface area contributed by atoms with Crippen LogP contribution in [0, 0.1) is 3.57 Å². The SMILES string of the molecule is Cl.NC(=O)CNCCNC(=O)c1ccccc1I. The summed E-state index contributed by atoms with van der Waals surface area (Å²) in [5.41, 5.74) is 5.61. The van der Waals surface area contributed by atoms with Crippen molar-refractivity contribution in [2.75, 3.05) is 19.6 Å². The van der Waals surface area contributed by atoms with Crippen molar-refractivity contribution >= 4 is 46.8 Å². The normalized spacial score (nSPS) is 9.39. The van der Waals surface area contributed by atoms with Crippen molar-refractivity contribution in [3.8, 4) is 0 Å². The third kappa shape index (κ3) is 6.18. The van der Waals surface area contributed by atoms with Gasteiger partial charge in [0.1, 0.15) is 0 Å². The topological polar surface area (TPSA) is 84.2 Å². The van der Waals surface area contributed by atoms with Crippen LogP contribution in [0.1, 0.15) is 10.4 Å². The van der Waals surface area contributed by atoms with Crippen LogP contribution in [0.3, 0.4) is 0 Å². The van der Waals surface area contributed by atoms with Gasteiger partial charge in [-0.2, -0.15) is 0 Å². The summed E-state index contributed by atoms with van der Waals surface area (Å²) in [6.45, 7) is 1.09. The molecule has 18 heavy (non-hydrogen) atoms. The summed E-state index contributed by atoms with van der Waals surface area (Å²) in [6, 6.07) is 7.35. The van der Waals surface area contributed by atoms with E-state index in [1.165, 1.54) is 0 Å². The maximum atomic E-state index is 11.7. The lowest BCUT2D eigenvalue weighted by atomic mass is 10.2. The van der Waals surface area contributed by atoms with Gasteiger partial charge in [-0.1, -0.05) is 12.1 Å². The van der Waals surface area contributed by atoms with Crippen molar-refractivity contribution < 1.29 is 9.59 Å². The number of benzene rings is 1. The largest absolute Gasteiger partial charge is 0.369 e. The van der Waals surface area contributed by atoms with E-state index in [9.17, 15) is 9.59 Å². The minimum Gasteiger partial charge on any atom is -0.369 e. The number of halogens is 2. The molecule has 1 rings (SSSR count). The fourth-order valence-electron chi connectivity index (χ4n) is 1.22. The molecule has 0 unspecified atom stereocenters. The Labute approximate surface area is 125 Å². The van der Waals surface area contributed by atoms with Crippen LogP contribution in [-0.4, -0.2) is 31.4 Å². The van der Waals surface area contributed by atoms with Crippen molar-refractivity contribution in [2.24, 2.45) is 5.73 Å². The number of carbonyl (C=O) groups is 2. The van der Waals surface area contributed by atoms with Gasteiger partial charge in [0, 0.05) is 16.7 Å². The molecular formula is C11H15ClIN3O2. The van der Waals surface area contributed by atoms with Gasteiger partial charge in [-0.25, -0.2) is 0 Å². The maximum absolute atomic E-state index is 11.7. The summed E-state index contributed by atoms with van der Waals surface area (Å²) < 4.78 is 0.910. The number of hydrogen-bond donors (Lipinski definition) is 3. The zero-order chi connectivity index (χ0) is 12.7. The number of amides is 2. The highest BCUT2D eigenvalue weighted by atomic mass is 127. The quantitative estimate of drug-likeness (QED) is 0.495. The predicted octanol–water partition coefficient (Wildman–Crippen LogP) is 0.518. The molecule has 0 saturated carbocycles. The van der Waals surface area contributed by atoms with Crippen LogP contribution in [0.5, 0.6) is 0 Å². The summed E-state index contributed by atoms with van der Waals surface area (Å²) in [5, 5.41) is 5.57. The van der Waals surface area contributed by atoms with Gasteiger partial charge in [0.15, 0.2) is 0 Å². The highest BCUT2D eigenvalue weighted by molar-refractivity contribution is 14.1. The molecule has 0 saturated heterocycles. The van der Waals surface area contributed by atoms with Gasteiger partial charge in [-0.05, 0) is 34.7 Å². The van der Waals surface area contributed by atoms with Crippen molar-refractivity contribution in [2.45, 2.75) is 0 Å². The molecule has 0 fully saturated rings. The average molecular weight is 384 g/mol. The molecule has 0 aliphatic carbocycles. The molecule has 0 aliphatic rings. The molecule has 4 N–H and O–H groups in total. The van der Waals surface area contributed by atoms with E-state index < -0.39 is 5.91 Å². The number of carbonyl (C=O) groups excluding carboxylic acids is 2. The van der Waals surface area contributed by atoms with E-state index in [4.69, 9.17) is 5.73 Å². The molecule has 1 aromatic carbocycles. The fourth-order valence-corrected chi connectivity index (χ4v) is 1.85. The third-order valence-corrected chi connectivity index (χ3v) is 2.95. The van der Waals surface area contributed by atoms with E-state index in [-0.39, 0.29) is 24.9 Å². The van der Waals surface area contributed by atoms with Crippen LogP contribution in [0.25, 0.3) is 0 Å². The molecule has 1 aromatic rings. The second-order valence-electron chi connectivity index (χ2n) is 3.38. The maximum Gasteiger partial charge on any atom is 0.252 e. The van der Waals surface area contributed by atoms with Crippen LogP contribution in [0.15, 0.2) is 24.3 Å². The number of nitrogens with one attached hydrogen (secondary N) is 2. The first-order valence-electron chi connectivity index (χ1n) is 5.13. The van der Waals surface area contributed by atoms with Gasteiger partial charge in [0.05, 0.1) is 12.1 Å². The number of nitrogens with two attached hydrogens (primary N) is 1. The summed E-state index contributed by atoms with van der Waals surface area (Å²) in [5.74, 6) is -0.523. The van der Waals surface area contributed by atoms with Crippen LogP contribution >= 0.6 is 35.0 Å². The molecule has 0 spiro atoms. The number of rotatable bonds is 6. The van der Waals surface area contributed by atoms with E-state index in [2.05, 4.69) is 33.2 Å². The molecule has 100 valence electrons. The monoisotopic (exact) mass is 383 g/mol. The zero-order valence-electron chi connectivity index (χ0n) is 9.61.